The van der Waals surface area contributed by atoms with E-state index in [-0.39, 0.29) is 11.3 Å². The van der Waals surface area contributed by atoms with Gasteiger partial charge in [-0.2, -0.15) is 5.10 Å². The number of benzene rings is 2. The summed E-state index contributed by atoms with van der Waals surface area (Å²) in [5.41, 5.74) is 4.24. The Balaban J connectivity index is 1.51. The standard InChI is InChI=1S/C27H27Cl2N5O/c1-27(2,3)24-17-25-30-21(18-8-4-5-9-19(18)28)16-23(34(25)31-24)26(35)33-14-12-32(13-15-33)22-11-7-6-10-20(22)29/h4-11,16-17H,12-15H2,1-3H3. The van der Waals surface area contributed by atoms with E-state index in [0.717, 1.165) is 22.0 Å². The maximum atomic E-state index is 13.8. The van der Waals surface area contributed by atoms with Crippen LogP contribution in [0.1, 0.15) is 37.0 Å². The first-order valence-corrected chi connectivity index (χ1v) is 12.4. The molecule has 6 nitrogen and oxygen atoms in total. The predicted octanol–water partition coefficient (Wildman–Crippen LogP) is 5.96. The van der Waals surface area contributed by atoms with Gasteiger partial charge in [0, 0.05) is 48.2 Å². The highest BCUT2D eigenvalue weighted by Gasteiger charge is 2.27. The fourth-order valence-electron chi connectivity index (χ4n) is 4.32. The van der Waals surface area contributed by atoms with Gasteiger partial charge < -0.3 is 9.80 Å². The number of anilines is 1. The number of fused-ring (bicyclic) bond motifs is 1. The molecule has 0 aliphatic carbocycles. The summed E-state index contributed by atoms with van der Waals surface area (Å²) in [6, 6.07) is 19.1. The second kappa shape index (κ2) is 9.17. The van der Waals surface area contributed by atoms with E-state index < -0.39 is 0 Å². The molecule has 4 aromatic rings. The zero-order chi connectivity index (χ0) is 24.7. The van der Waals surface area contributed by atoms with Crippen LogP contribution in [-0.2, 0) is 5.41 Å². The quantitative estimate of drug-likeness (QED) is 0.343. The normalized spacial score (nSPS) is 14.5. The van der Waals surface area contributed by atoms with Gasteiger partial charge in [0.1, 0.15) is 5.69 Å². The molecule has 0 atom stereocenters. The summed E-state index contributed by atoms with van der Waals surface area (Å²) in [4.78, 5) is 22.7. The smallest absolute Gasteiger partial charge is 0.272 e. The number of piperazine rings is 1. The summed E-state index contributed by atoms with van der Waals surface area (Å²) >= 11 is 12.9. The van der Waals surface area contributed by atoms with E-state index in [1.807, 2.05) is 59.5 Å². The second-order valence-electron chi connectivity index (χ2n) is 9.79. The van der Waals surface area contributed by atoms with Gasteiger partial charge in [-0.05, 0) is 24.3 Å². The molecule has 180 valence electrons. The van der Waals surface area contributed by atoms with Crippen LogP contribution in [0, 0.1) is 0 Å². The van der Waals surface area contributed by atoms with Gasteiger partial charge in [0.05, 0.1) is 22.1 Å². The van der Waals surface area contributed by atoms with E-state index in [2.05, 4.69) is 25.7 Å². The number of amides is 1. The first-order chi connectivity index (χ1) is 16.7. The number of rotatable bonds is 3. The molecule has 1 fully saturated rings. The Labute approximate surface area is 215 Å². The molecular weight excluding hydrogens is 481 g/mol. The molecule has 0 saturated carbocycles. The van der Waals surface area contributed by atoms with Crippen molar-refractivity contribution in [3.8, 4) is 11.3 Å². The number of aromatic nitrogens is 3. The number of carbonyl (C=O) groups is 1. The van der Waals surface area contributed by atoms with Gasteiger partial charge in [-0.1, -0.05) is 74.3 Å². The summed E-state index contributed by atoms with van der Waals surface area (Å²) in [7, 11) is 0. The number of carbonyl (C=O) groups excluding carboxylic acids is 1. The summed E-state index contributed by atoms with van der Waals surface area (Å²) < 4.78 is 1.67. The van der Waals surface area contributed by atoms with Gasteiger partial charge in [0.15, 0.2) is 5.65 Å². The van der Waals surface area contributed by atoms with E-state index in [1.165, 1.54) is 0 Å². The van der Waals surface area contributed by atoms with Crippen LogP contribution in [0.2, 0.25) is 10.0 Å². The van der Waals surface area contributed by atoms with Crippen LogP contribution in [0.4, 0.5) is 5.69 Å². The highest BCUT2D eigenvalue weighted by molar-refractivity contribution is 6.33. The molecule has 2 aromatic heterocycles. The zero-order valence-corrected chi connectivity index (χ0v) is 21.5. The second-order valence-corrected chi connectivity index (χ2v) is 10.6. The third kappa shape index (κ3) is 4.60. The lowest BCUT2D eigenvalue weighted by atomic mass is 9.93. The van der Waals surface area contributed by atoms with Crippen molar-refractivity contribution < 1.29 is 4.79 Å². The lowest BCUT2D eigenvalue weighted by Gasteiger charge is -2.36. The molecule has 0 N–H and O–H groups in total. The van der Waals surface area contributed by atoms with Crippen LogP contribution in [-0.4, -0.2) is 51.6 Å². The van der Waals surface area contributed by atoms with Crippen LogP contribution >= 0.6 is 23.2 Å². The van der Waals surface area contributed by atoms with E-state index in [1.54, 1.807) is 10.6 Å². The number of hydrogen-bond donors (Lipinski definition) is 0. The molecule has 1 saturated heterocycles. The van der Waals surface area contributed by atoms with Crippen LogP contribution in [0.3, 0.4) is 0 Å². The molecule has 1 aliphatic heterocycles. The predicted molar refractivity (Wildman–Crippen MR) is 142 cm³/mol. The Bertz CT molecular complexity index is 1400. The highest BCUT2D eigenvalue weighted by atomic mass is 35.5. The summed E-state index contributed by atoms with van der Waals surface area (Å²) in [6.07, 6.45) is 0. The van der Waals surface area contributed by atoms with Crippen molar-refractivity contribution in [3.63, 3.8) is 0 Å². The van der Waals surface area contributed by atoms with E-state index in [9.17, 15) is 4.79 Å². The number of hydrogen-bond acceptors (Lipinski definition) is 4. The Hall–Kier alpha value is -3.09. The molecule has 0 bridgehead atoms. The van der Waals surface area contributed by atoms with Gasteiger partial charge in [0.2, 0.25) is 0 Å². The summed E-state index contributed by atoms with van der Waals surface area (Å²) in [5.74, 6) is -0.0759. The Morgan fingerprint density at radius 2 is 1.54 bits per heavy atom. The summed E-state index contributed by atoms with van der Waals surface area (Å²) in [6.45, 7) is 8.86. The minimum atomic E-state index is -0.181. The lowest BCUT2D eigenvalue weighted by molar-refractivity contribution is 0.0737. The molecule has 1 amide bonds. The van der Waals surface area contributed by atoms with E-state index in [0.29, 0.717) is 48.2 Å². The first-order valence-electron chi connectivity index (χ1n) is 11.7. The van der Waals surface area contributed by atoms with Gasteiger partial charge in [-0.25, -0.2) is 9.50 Å². The number of nitrogens with zero attached hydrogens (tertiary/aromatic N) is 5. The Morgan fingerprint density at radius 3 is 2.20 bits per heavy atom. The zero-order valence-electron chi connectivity index (χ0n) is 20.0. The van der Waals surface area contributed by atoms with Crippen molar-refractivity contribution in [2.75, 3.05) is 31.1 Å². The van der Waals surface area contributed by atoms with Crippen molar-refractivity contribution in [3.05, 3.63) is 82.1 Å². The SMILES string of the molecule is CC(C)(C)c1cc2nc(-c3ccccc3Cl)cc(C(=O)N3CCN(c4ccccc4Cl)CC3)n2n1. The fraction of sp³-hybridized carbons (Fsp3) is 0.296. The topological polar surface area (TPSA) is 53.7 Å². The van der Waals surface area contributed by atoms with Crippen LogP contribution in [0.15, 0.2) is 60.7 Å². The van der Waals surface area contributed by atoms with E-state index >= 15 is 0 Å². The molecule has 35 heavy (non-hydrogen) atoms. The summed E-state index contributed by atoms with van der Waals surface area (Å²) in [5, 5.41) is 6.09. The maximum Gasteiger partial charge on any atom is 0.272 e. The monoisotopic (exact) mass is 507 g/mol. The molecular formula is C27H27Cl2N5O. The third-order valence-electron chi connectivity index (χ3n) is 6.32. The molecule has 3 heterocycles. The van der Waals surface area contributed by atoms with Gasteiger partial charge in [0.25, 0.3) is 5.91 Å². The molecule has 5 rings (SSSR count). The van der Waals surface area contributed by atoms with Crippen molar-refractivity contribution in [1.29, 1.82) is 0 Å². The van der Waals surface area contributed by atoms with Crippen molar-refractivity contribution in [1.82, 2.24) is 19.5 Å². The largest absolute Gasteiger partial charge is 0.367 e. The maximum absolute atomic E-state index is 13.8. The molecule has 0 unspecified atom stereocenters. The van der Waals surface area contributed by atoms with Gasteiger partial charge in [-0.3, -0.25) is 4.79 Å². The Morgan fingerprint density at radius 1 is 0.886 bits per heavy atom. The van der Waals surface area contributed by atoms with Gasteiger partial charge >= 0.3 is 0 Å². The molecule has 0 spiro atoms. The highest BCUT2D eigenvalue weighted by Crippen LogP contribution is 2.30. The number of halogens is 2. The minimum absolute atomic E-state index is 0.0759. The van der Waals surface area contributed by atoms with Crippen molar-refractivity contribution >= 4 is 40.4 Å². The van der Waals surface area contributed by atoms with Crippen LogP contribution in [0.5, 0.6) is 0 Å². The van der Waals surface area contributed by atoms with Gasteiger partial charge in [-0.15, -0.1) is 0 Å². The first kappa shape index (κ1) is 23.6. The van der Waals surface area contributed by atoms with Crippen LogP contribution in [0.25, 0.3) is 16.9 Å². The molecule has 8 heteroatoms. The van der Waals surface area contributed by atoms with Crippen LogP contribution < -0.4 is 4.90 Å². The van der Waals surface area contributed by atoms with Crippen molar-refractivity contribution in [2.45, 2.75) is 26.2 Å². The minimum Gasteiger partial charge on any atom is -0.367 e. The number of para-hydroxylation sites is 1. The average molecular weight is 508 g/mol. The molecule has 2 aromatic carbocycles. The van der Waals surface area contributed by atoms with E-state index in [4.69, 9.17) is 33.3 Å². The Kier molecular flexibility index (Phi) is 6.20. The third-order valence-corrected chi connectivity index (χ3v) is 6.97. The molecule has 1 aliphatic rings. The molecule has 0 radical (unpaired) electrons. The van der Waals surface area contributed by atoms with Crippen molar-refractivity contribution in [2.24, 2.45) is 0 Å². The fourth-order valence-corrected chi connectivity index (χ4v) is 4.81. The lowest BCUT2D eigenvalue weighted by Crippen LogP contribution is -2.49. The average Bonchev–Trinajstić information content (AvgIpc) is 3.29.